The molecule has 0 bridgehead atoms. The molecule has 9 heavy (non-hydrogen) atoms. The minimum atomic E-state index is 0.603. The molecule has 2 aliphatic rings. The topological polar surface area (TPSA) is 36.4 Å². The lowest BCUT2D eigenvalue weighted by Crippen LogP contribution is -2.43. The van der Waals surface area contributed by atoms with E-state index in [-0.39, 0.29) is 0 Å². The summed E-state index contributed by atoms with van der Waals surface area (Å²) in [5.41, 5.74) is 1.32. The second-order valence-corrected chi connectivity index (χ2v) is 2.53. The maximum atomic E-state index is 4.30. The smallest absolute Gasteiger partial charge is 0.0890 e. The first-order valence-electron chi connectivity index (χ1n) is 3.44. The molecule has 1 fully saturated rings. The average Bonchev–Trinajstić information content (AvgIpc) is 2.33. The third kappa shape index (κ3) is 0.862. The van der Waals surface area contributed by atoms with Crippen LogP contribution in [0.5, 0.6) is 0 Å². The molecule has 0 spiro atoms. The Bertz CT molecular complexity index is 141. The van der Waals surface area contributed by atoms with Crippen molar-refractivity contribution in [3.05, 3.63) is 0 Å². The number of rotatable bonds is 0. The van der Waals surface area contributed by atoms with Gasteiger partial charge in [-0.15, -0.1) is 0 Å². The van der Waals surface area contributed by atoms with Crippen molar-refractivity contribution in [3.63, 3.8) is 0 Å². The third-order valence-electron chi connectivity index (χ3n) is 1.94. The maximum Gasteiger partial charge on any atom is 0.0890 e. The van der Waals surface area contributed by atoms with E-state index in [1.807, 2.05) is 0 Å². The number of nitrogens with one attached hydrogen (secondary N) is 2. The van der Waals surface area contributed by atoms with Gasteiger partial charge >= 0.3 is 0 Å². The van der Waals surface area contributed by atoms with Crippen LogP contribution in [0.1, 0.15) is 6.42 Å². The first-order chi connectivity index (χ1) is 4.47. The van der Waals surface area contributed by atoms with Crippen molar-refractivity contribution < 1.29 is 0 Å². The van der Waals surface area contributed by atoms with E-state index in [0.717, 1.165) is 19.8 Å². The van der Waals surface area contributed by atoms with Crippen LogP contribution in [-0.2, 0) is 0 Å². The molecule has 0 saturated carbocycles. The third-order valence-corrected chi connectivity index (χ3v) is 1.94. The number of piperidine rings is 1. The van der Waals surface area contributed by atoms with Crippen LogP contribution in [0.3, 0.4) is 0 Å². The molecular formula is C6H11N3. The van der Waals surface area contributed by atoms with Crippen LogP contribution in [0, 0.1) is 0 Å². The second-order valence-electron chi connectivity index (χ2n) is 2.53. The molecule has 0 aromatic carbocycles. The van der Waals surface area contributed by atoms with Gasteiger partial charge in [0, 0.05) is 18.3 Å². The Labute approximate surface area is 54.5 Å². The highest BCUT2D eigenvalue weighted by atomic mass is 15.1. The summed E-state index contributed by atoms with van der Waals surface area (Å²) in [6, 6.07) is 0.603. The molecule has 0 aromatic heterocycles. The summed E-state index contributed by atoms with van der Waals surface area (Å²) in [7, 11) is 0. The largest absolute Gasteiger partial charge is 0.311 e. The van der Waals surface area contributed by atoms with Crippen LogP contribution in [-0.4, -0.2) is 31.5 Å². The minimum absolute atomic E-state index is 0.603. The predicted molar refractivity (Wildman–Crippen MR) is 36.7 cm³/mol. The molecule has 0 aromatic rings. The van der Waals surface area contributed by atoms with E-state index in [4.69, 9.17) is 0 Å². The Kier molecular flexibility index (Phi) is 1.24. The molecule has 0 radical (unpaired) electrons. The van der Waals surface area contributed by atoms with Crippen molar-refractivity contribution in [2.75, 3.05) is 19.8 Å². The monoisotopic (exact) mass is 125 g/mol. The standard InChI is InChI=1S/C6H11N3/c1-2-7-3-6-5(1)8-4-9-6/h5,7-8H,1-4H2. The van der Waals surface area contributed by atoms with Gasteiger partial charge in [-0.1, -0.05) is 0 Å². The number of hydrogen-bond acceptors (Lipinski definition) is 3. The summed E-state index contributed by atoms with van der Waals surface area (Å²) in [6.45, 7) is 2.97. The van der Waals surface area contributed by atoms with E-state index in [9.17, 15) is 0 Å². The van der Waals surface area contributed by atoms with Crippen molar-refractivity contribution in [2.45, 2.75) is 12.5 Å². The van der Waals surface area contributed by atoms with Crippen LogP contribution in [0.25, 0.3) is 0 Å². The quantitative estimate of drug-likeness (QED) is 0.451. The molecule has 1 unspecified atom stereocenters. The minimum Gasteiger partial charge on any atom is -0.311 e. The van der Waals surface area contributed by atoms with Gasteiger partial charge in [-0.05, 0) is 13.0 Å². The van der Waals surface area contributed by atoms with Crippen LogP contribution >= 0.6 is 0 Å². The lowest BCUT2D eigenvalue weighted by Gasteiger charge is -2.19. The summed E-state index contributed by atoms with van der Waals surface area (Å²) < 4.78 is 0. The lowest BCUT2D eigenvalue weighted by atomic mass is 10.1. The SMILES string of the molecule is C1CC2NCN=C2CN1. The Morgan fingerprint density at radius 2 is 2.56 bits per heavy atom. The highest BCUT2D eigenvalue weighted by molar-refractivity contribution is 5.93. The normalized spacial score (nSPS) is 33.8. The van der Waals surface area contributed by atoms with Crippen LogP contribution in [0.15, 0.2) is 4.99 Å². The van der Waals surface area contributed by atoms with Crippen LogP contribution in [0.2, 0.25) is 0 Å². The Hall–Kier alpha value is -0.410. The summed E-state index contributed by atoms with van der Waals surface area (Å²) in [5.74, 6) is 0. The van der Waals surface area contributed by atoms with E-state index in [0.29, 0.717) is 6.04 Å². The number of fused-ring (bicyclic) bond motifs is 1. The van der Waals surface area contributed by atoms with Gasteiger partial charge in [0.15, 0.2) is 0 Å². The van der Waals surface area contributed by atoms with Crippen LogP contribution in [0.4, 0.5) is 0 Å². The Balaban J connectivity index is 2.09. The first-order valence-corrected chi connectivity index (χ1v) is 3.44. The van der Waals surface area contributed by atoms with E-state index in [2.05, 4.69) is 15.6 Å². The highest BCUT2D eigenvalue weighted by Gasteiger charge is 2.22. The summed E-state index contributed by atoms with van der Waals surface area (Å²) >= 11 is 0. The number of aliphatic imine (C=N–C) groups is 1. The summed E-state index contributed by atoms with van der Waals surface area (Å²) in [4.78, 5) is 4.30. The van der Waals surface area contributed by atoms with Crippen molar-refractivity contribution in [1.82, 2.24) is 10.6 Å². The van der Waals surface area contributed by atoms with Gasteiger partial charge in [0.1, 0.15) is 0 Å². The van der Waals surface area contributed by atoms with Gasteiger partial charge in [0.2, 0.25) is 0 Å². The fourth-order valence-corrected chi connectivity index (χ4v) is 1.40. The van der Waals surface area contributed by atoms with E-state index in [1.165, 1.54) is 12.1 Å². The Morgan fingerprint density at radius 3 is 3.44 bits per heavy atom. The summed E-state index contributed by atoms with van der Waals surface area (Å²) in [6.07, 6.45) is 1.21. The molecule has 0 aliphatic carbocycles. The zero-order valence-electron chi connectivity index (χ0n) is 5.35. The van der Waals surface area contributed by atoms with E-state index < -0.39 is 0 Å². The molecule has 3 heteroatoms. The highest BCUT2D eigenvalue weighted by Crippen LogP contribution is 2.04. The van der Waals surface area contributed by atoms with E-state index >= 15 is 0 Å². The van der Waals surface area contributed by atoms with Gasteiger partial charge in [-0.2, -0.15) is 0 Å². The first kappa shape index (κ1) is 5.38. The molecule has 2 heterocycles. The zero-order valence-corrected chi connectivity index (χ0v) is 5.35. The molecule has 1 saturated heterocycles. The van der Waals surface area contributed by atoms with Gasteiger partial charge < -0.3 is 5.32 Å². The lowest BCUT2D eigenvalue weighted by molar-refractivity contribution is 0.564. The van der Waals surface area contributed by atoms with Crippen molar-refractivity contribution in [2.24, 2.45) is 4.99 Å². The van der Waals surface area contributed by atoms with Gasteiger partial charge in [-0.3, -0.25) is 10.3 Å². The predicted octanol–water partition coefficient (Wildman–Crippen LogP) is -0.650. The molecule has 2 aliphatic heterocycles. The van der Waals surface area contributed by atoms with Crippen molar-refractivity contribution in [1.29, 1.82) is 0 Å². The van der Waals surface area contributed by atoms with Crippen molar-refractivity contribution >= 4 is 5.71 Å². The molecule has 3 nitrogen and oxygen atoms in total. The number of nitrogens with zero attached hydrogens (tertiary/aromatic N) is 1. The van der Waals surface area contributed by atoms with Gasteiger partial charge in [-0.25, -0.2) is 0 Å². The fraction of sp³-hybridized carbons (Fsp3) is 0.833. The molecule has 2 N–H and O–H groups in total. The molecule has 0 amide bonds. The molecule has 50 valence electrons. The van der Waals surface area contributed by atoms with Gasteiger partial charge in [0.25, 0.3) is 0 Å². The van der Waals surface area contributed by atoms with Gasteiger partial charge in [0.05, 0.1) is 6.67 Å². The number of hydrogen-bond donors (Lipinski definition) is 2. The molecule has 1 atom stereocenters. The van der Waals surface area contributed by atoms with Crippen LogP contribution < -0.4 is 10.6 Å². The Morgan fingerprint density at radius 1 is 1.56 bits per heavy atom. The second kappa shape index (κ2) is 2.08. The fourth-order valence-electron chi connectivity index (χ4n) is 1.40. The van der Waals surface area contributed by atoms with E-state index in [1.54, 1.807) is 0 Å². The average molecular weight is 125 g/mol. The zero-order chi connectivity index (χ0) is 6.10. The summed E-state index contributed by atoms with van der Waals surface area (Å²) in [5, 5.41) is 6.60. The molecular weight excluding hydrogens is 114 g/mol. The molecule has 2 rings (SSSR count). The maximum absolute atomic E-state index is 4.30. The van der Waals surface area contributed by atoms with Crippen molar-refractivity contribution in [3.8, 4) is 0 Å².